The van der Waals surface area contributed by atoms with Crippen LogP contribution in [0.3, 0.4) is 0 Å². The monoisotopic (exact) mass is 411 g/mol. The molecule has 28 heavy (non-hydrogen) atoms. The van der Waals surface area contributed by atoms with Crippen molar-refractivity contribution in [3.05, 3.63) is 35.7 Å². The number of rotatable bonds is 9. The third kappa shape index (κ3) is 5.75. The van der Waals surface area contributed by atoms with E-state index in [2.05, 4.69) is 15.5 Å². The molecule has 2 rings (SSSR count). The second-order valence-corrected chi connectivity index (χ2v) is 8.02. The van der Waals surface area contributed by atoms with Crippen molar-refractivity contribution in [2.45, 2.75) is 50.6 Å². The fourth-order valence-corrected chi connectivity index (χ4v) is 3.31. The number of thioether (sulfide) groups is 1. The van der Waals surface area contributed by atoms with Crippen LogP contribution in [-0.2, 0) is 22.6 Å². The second kappa shape index (κ2) is 9.63. The molecule has 1 aromatic carbocycles. The van der Waals surface area contributed by atoms with E-state index in [4.69, 9.17) is 5.73 Å². The Morgan fingerprint density at radius 2 is 1.86 bits per heavy atom. The Morgan fingerprint density at radius 3 is 2.43 bits per heavy atom. The number of primary amides is 1. The largest absolute Gasteiger partial charge is 0.370 e. The molecule has 0 saturated carbocycles. The summed E-state index contributed by atoms with van der Waals surface area (Å²) in [6.07, 6.45) is 0.486. The zero-order valence-corrected chi connectivity index (χ0v) is 16.7. The van der Waals surface area contributed by atoms with Crippen molar-refractivity contribution >= 4 is 29.3 Å². The number of halogens is 2. The average Bonchev–Trinajstić information content (AvgIpc) is 2.97. The standard InChI is InChI=1S/C18H23F2N5O2S/c1-10(2)9-25-15(8-7-14(21)26)23-24-18(25)28-11(3)17(27)22-16-12(19)5-4-6-13(16)20/h4-6,10-11H,7-9H2,1-3H3,(H2,21,26)(H,22,27)/t11-/m1/s1. The molecule has 0 aliphatic carbocycles. The lowest BCUT2D eigenvalue weighted by atomic mass is 10.2. The maximum atomic E-state index is 13.7. The molecule has 0 aliphatic rings. The molecule has 7 nitrogen and oxygen atoms in total. The number of para-hydroxylation sites is 1. The van der Waals surface area contributed by atoms with E-state index in [1.807, 2.05) is 18.4 Å². The third-order valence-electron chi connectivity index (χ3n) is 3.80. The number of benzene rings is 1. The Balaban J connectivity index is 2.14. The van der Waals surface area contributed by atoms with Crippen molar-refractivity contribution in [3.63, 3.8) is 0 Å². The number of amides is 2. The summed E-state index contributed by atoms with van der Waals surface area (Å²) in [5, 5.41) is 10.3. The number of hydrogen-bond acceptors (Lipinski definition) is 5. The molecule has 10 heteroatoms. The van der Waals surface area contributed by atoms with Crippen molar-refractivity contribution in [2.24, 2.45) is 11.7 Å². The summed E-state index contributed by atoms with van der Waals surface area (Å²) in [5.74, 6) is -1.81. The van der Waals surface area contributed by atoms with E-state index >= 15 is 0 Å². The number of nitrogens with one attached hydrogen (secondary N) is 1. The first kappa shape index (κ1) is 21.8. The molecule has 2 amide bonds. The van der Waals surface area contributed by atoms with Gasteiger partial charge in [0.25, 0.3) is 0 Å². The van der Waals surface area contributed by atoms with Crippen molar-refractivity contribution in [3.8, 4) is 0 Å². The maximum Gasteiger partial charge on any atom is 0.237 e. The van der Waals surface area contributed by atoms with Gasteiger partial charge < -0.3 is 15.6 Å². The normalized spacial score (nSPS) is 12.2. The van der Waals surface area contributed by atoms with Crippen LogP contribution in [0.5, 0.6) is 0 Å². The molecule has 0 bridgehead atoms. The summed E-state index contributed by atoms with van der Waals surface area (Å²) in [4.78, 5) is 23.4. The number of aromatic nitrogens is 3. The van der Waals surface area contributed by atoms with Gasteiger partial charge in [0.15, 0.2) is 5.16 Å². The molecular formula is C18H23F2N5O2S. The Bertz CT molecular complexity index is 836. The zero-order chi connectivity index (χ0) is 20.8. The highest BCUT2D eigenvalue weighted by molar-refractivity contribution is 8.00. The smallest absolute Gasteiger partial charge is 0.237 e. The lowest BCUT2D eigenvalue weighted by Crippen LogP contribution is -2.24. The minimum atomic E-state index is -0.845. The zero-order valence-electron chi connectivity index (χ0n) is 15.9. The Hall–Kier alpha value is -2.49. The SMILES string of the molecule is CC(C)Cn1c(CCC(N)=O)nnc1S[C@H](C)C(=O)Nc1c(F)cccc1F. The lowest BCUT2D eigenvalue weighted by molar-refractivity contribution is -0.118. The number of nitrogens with two attached hydrogens (primary N) is 1. The van der Waals surface area contributed by atoms with Crippen LogP contribution < -0.4 is 11.1 Å². The topological polar surface area (TPSA) is 103 Å². The van der Waals surface area contributed by atoms with Gasteiger partial charge in [-0.25, -0.2) is 8.78 Å². The number of carbonyl (C=O) groups excluding carboxylic acids is 2. The van der Waals surface area contributed by atoms with Gasteiger partial charge in [-0.2, -0.15) is 0 Å². The fourth-order valence-electron chi connectivity index (χ4n) is 2.43. The van der Waals surface area contributed by atoms with Crippen LogP contribution in [-0.4, -0.2) is 31.8 Å². The molecule has 0 unspecified atom stereocenters. The highest BCUT2D eigenvalue weighted by Gasteiger charge is 2.22. The summed E-state index contributed by atoms with van der Waals surface area (Å²) >= 11 is 1.12. The summed E-state index contributed by atoms with van der Waals surface area (Å²) in [5.41, 5.74) is 4.72. The fraction of sp³-hybridized carbons (Fsp3) is 0.444. The molecule has 1 heterocycles. The Morgan fingerprint density at radius 1 is 1.21 bits per heavy atom. The molecule has 0 radical (unpaired) electrons. The van der Waals surface area contributed by atoms with Gasteiger partial charge in [0, 0.05) is 19.4 Å². The number of anilines is 1. The lowest BCUT2D eigenvalue weighted by Gasteiger charge is -2.15. The molecule has 0 aliphatic heterocycles. The van der Waals surface area contributed by atoms with Crippen LogP contribution >= 0.6 is 11.8 Å². The van der Waals surface area contributed by atoms with Gasteiger partial charge in [-0.3, -0.25) is 9.59 Å². The van der Waals surface area contributed by atoms with Gasteiger partial charge >= 0.3 is 0 Å². The maximum absolute atomic E-state index is 13.7. The van der Waals surface area contributed by atoms with Crippen molar-refractivity contribution in [2.75, 3.05) is 5.32 Å². The van der Waals surface area contributed by atoms with Gasteiger partial charge in [0.2, 0.25) is 11.8 Å². The van der Waals surface area contributed by atoms with Gasteiger partial charge in [-0.15, -0.1) is 10.2 Å². The highest BCUT2D eigenvalue weighted by atomic mass is 32.2. The van der Waals surface area contributed by atoms with Crippen LogP contribution in [0.25, 0.3) is 0 Å². The number of nitrogens with zero attached hydrogens (tertiary/aromatic N) is 3. The van der Waals surface area contributed by atoms with Crippen LogP contribution in [0.2, 0.25) is 0 Å². The summed E-state index contributed by atoms with van der Waals surface area (Å²) in [6.45, 7) is 6.24. The van der Waals surface area contributed by atoms with Crippen LogP contribution in [0.15, 0.2) is 23.4 Å². The number of hydrogen-bond donors (Lipinski definition) is 2. The molecule has 0 fully saturated rings. The molecule has 3 N–H and O–H groups in total. The van der Waals surface area contributed by atoms with E-state index in [0.29, 0.717) is 23.9 Å². The molecule has 1 aromatic heterocycles. The first-order chi connectivity index (χ1) is 13.2. The van der Waals surface area contributed by atoms with Crippen LogP contribution in [0, 0.1) is 17.6 Å². The van der Waals surface area contributed by atoms with E-state index in [9.17, 15) is 18.4 Å². The quantitative estimate of drug-likeness (QED) is 0.618. The van der Waals surface area contributed by atoms with Crippen molar-refractivity contribution in [1.29, 1.82) is 0 Å². The Labute approximate surface area is 166 Å². The summed E-state index contributed by atoms with van der Waals surface area (Å²) in [6, 6.07) is 3.36. The molecule has 2 aromatic rings. The van der Waals surface area contributed by atoms with E-state index in [0.717, 1.165) is 23.9 Å². The van der Waals surface area contributed by atoms with Gasteiger partial charge in [-0.1, -0.05) is 31.7 Å². The van der Waals surface area contributed by atoms with E-state index in [1.165, 1.54) is 6.07 Å². The minimum absolute atomic E-state index is 0.142. The number of carbonyl (C=O) groups is 2. The first-order valence-electron chi connectivity index (χ1n) is 8.81. The molecule has 152 valence electrons. The minimum Gasteiger partial charge on any atom is -0.370 e. The average molecular weight is 411 g/mol. The van der Waals surface area contributed by atoms with E-state index in [-0.39, 0.29) is 12.3 Å². The predicted octanol–water partition coefficient (Wildman–Crippen LogP) is 2.75. The van der Waals surface area contributed by atoms with Gasteiger partial charge in [0.1, 0.15) is 23.1 Å². The van der Waals surface area contributed by atoms with Crippen molar-refractivity contribution < 1.29 is 18.4 Å². The molecule has 0 saturated heterocycles. The van der Waals surface area contributed by atoms with Crippen molar-refractivity contribution in [1.82, 2.24) is 14.8 Å². The van der Waals surface area contributed by atoms with E-state index < -0.39 is 34.4 Å². The molecular weight excluding hydrogens is 388 g/mol. The highest BCUT2D eigenvalue weighted by Crippen LogP contribution is 2.26. The van der Waals surface area contributed by atoms with Gasteiger partial charge in [0.05, 0.1) is 5.25 Å². The number of aryl methyl sites for hydroxylation is 1. The predicted molar refractivity (Wildman–Crippen MR) is 103 cm³/mol. The molecule has 1 atom stereocenters. The first-order valence-corrected chi connectivity index (χ1v) is 9.69. The van der Waals surface area contributed by atoms with Crippen LogP contribution in [0.1, 0.15) is 33.0 Å². The molecule has 0 spiro atoms. The van der Waals surface area contributed by atoms with Crippen LogP contribution in [0.4, 0.5) is 14.5 Å². The Kier molecular flexibility index (Phi) is 7.50. The second-order valence-electron chi connectivity index (χ2n) is 6.72. The third-order valence-corrected chi connectivity index (χ3v) is 4.88. The van der Waals surface area contributed by atoms with E-state index in [1.54, 1.807) is 6.92 Å². The van der Waals surface area contributed by atoms with Gasteiger partial charge in [-0.05, 0) is 25.0 Å². The summed E-state index contributed by atoms with van der Waals surface area (Å²) < 4.78 is 29.3. The summed E-state index contributed by atoms with van der Waals surface area (Å²) in [7, 11) is 0.